The second-order valence-corrected chi connectivity index (χ2v) is 7.03. The van der Waals surface area contributed by atoms with Crippen LogP contribution in [-0.2, 0) is 16.0 Å². The molecule has 2 aromatic rings. The fourth-order valence-electron chi connectivity index (χ4n) is 3.43. The number of benzene rings is 2. The lowest BCUT2D eigenvalue weighted by Gasteiger charge is -2.20. The predicted molar refractivity (Wildman–Crippen MR) is 113 cm³/mol. The first-order chi connectivity index (χ1) is 14.9. The first-order valence-corrected chi connectivity index (χ1v) is 9.67. The average molecular weight is 425 g/mol. The van der Waals surface area contributed by atoms with Crippen LogP contribution in [0.5, 0.6) is 5.75 Å². The van der Waals surface area contributed by atoms with Crippen molar-refractivity contribution in [1.82, 2.24) is 9.80 Å². The van der Waals surface area contributed by atoms with Gasteiger partial charge in [-0.25, -0.2) is 0 Å². The Morgan fingerprint density at radius 1 is 1.06 bits per heavy atom. The predicted octanol–water partition coefficient (Wildman–Crippen LogP) is 1.85. The number of methoxy groups -OCH3 is 1. The van der Waals surface area contributed by atoms with Crippen molar-refractivity contribution in [2.45, 2.75) is 6.42 Å². The summed E-state index contributed by atoms with van der Waals surface area (Å²) in [6.45, 7) is 0.148. The molecule has 9 heteroatoms. The van der Waals surface area contributed by atoms with Crippen LogP contribution in [0.3, 0.4) is 0 Å². The monoisotopic (exact) mass is 425 g/mol. The maximum absolute atomic E-state index is 13.2. The molecule has 1 aliphatic heterocycles. The van der Waals surface area contributed by atoms with Crippen LogP contribution in [-0.4, -0.2) is 65.5 Å². The van der Waals surface area contributed by atoms with E-state index in [1.807, 2.05) is 24.3 Å². The number of non-ortho nitro benzene ring substituents is 1. The highest BCUT2D eigenvalue weighted by molar-refractivity contribution is 6.35. The summed E-state index contributed by atoms with van der Waals surface area (Å²) < 4.78 is 5.14. The van der Waals surface area contributed by atoms with E-state index in [0.29, 0.717) is 17.7 Å². The van der Waals surface area contributed by atoms with Gasteiger partial charge in [0.1, 0.15) is 11.4 Å². The maximum atomic E-state index is 13.2. The lowest BCUT2D eigenvalue weighted by Crippen LogP contribution is -2.36. The van der Waals surface area contributed by atoms with Crippen molar-refractivity contribution in [3.63, 3.8) is 0 Å². The molecule has 162 valence electrons. The quantitative estimate of drug-likeness (QED) is 0.371. The van der Waals surface area contributed by atoms with Crippen LogP contribution in [0, 0.1) is 10.1 Å². The van der Waals surface area contributed by atoms with Gasteiger partial charge in [0.15, 0.2) is 0 Å². The van der Waals surface area contributed by atoms with E-state index in [-0.39, 0.29) is 36.7 Å². The number of likely N-dealkylation sites (N-methyl/N-ethyl adjacent to an activating group) is 1. The number of amides is 2. The van der Waals surface area contributed by atoms with Gasteiger partial charge in [-0.3, -0.25) is 24.6 Å². The first kappa shape index (κ1) is 22.0. The summed E-state index contributed by atoms with van der Waals surface area (Å²) in [5, 5.41) is 20.2. The maximum Gasteiger partial charge on any atom is 0.277 e. The molecule has 31 heavy (non-hydrogen) atoms. The van der Waals surface area contributed by atoms with Crippen molar-refractivity contribution in [2.24, 2.45) is 0 Å². The number of carbonyl (C=O) groups is 2. The van der Waals surface area contributed by atoms with Crippen molar-refractivity contribution in [3.05, 3.63) is 75.5 Å². The molecule has 0 radical (unpaired) electrons. The fraction of sp³-hybridized carbons (Fsp3) is 0.273. The molecule has 2 aromatic carbocycles. The molecule has 0 saturated carbocycles. The molecule has 0 spiro atoms. The van der Waals surface area contributed by atoms with E-state index < -0.39 is 16.7 Å². The molecule has 1 heterocycles. The Hall–Kier alpha value is -3.72. The zero-order chi connectivity index (χ0) is 22.5. The molecule has 0 aliphatic carbocycles. The highest BCUT2D eigenvalue weighted by atomic mass is 16.6. The Labute approximate surface area is 179 Å². The molecule has 1 N–H and O–H groups in total. The number of nitrogens with zero attached hydrogens (tertiary/aromatic N) is 3. The van der Waals surface area contributed by atoms with Crippen LogP contribution in [0.4, 0.5) is 5.69 Å². The third-order valence-electron chi connectivity index (χ3n) is 5.11. The summed E-state index contributed by atoms with van der Waals surface area (Å²) in [5.41, 5.74) is 1.59. The molecule has 2 amide bonds. The van der Waals surface area contributed by atoms with Gasteiger partial charge in [0, 0.05) is 32.3 Å². The topological polar surface area (TPSA) is 113 Å². The van der Waals surface area contributed by atoms with E-state index in [1.54, 1.807) is 14.2 Å². The van der Waals surface area contributed by atoms with Crippen molar-refractivity contribution < 1.29 is 24.4 Å². The minimum absolute atomic E-state index is 0.109. The Balaban J connectivity index is 1.88. The van der Waals surface area contributed by atoms with Gasteiger partial charge in [-0.15, -0.1) is 0 Å². The van der Waals surface area contributed by atoms with E-state index in [9.17, 15) is 24.8 Å². The van der Waals surface area contributed by atoms with Gasteiger partial charge in [0.25, 0.3) is 17.5 Å². The summed E-state index contributed by atoms with van der Waals surface area (Å²) >= 11 is 0. The summed E-state index contributed by atoms with van der Waals surface area (Å²) in [5.74, 6) is -0.206. The minimum Gasteiger partial charge on any atom is -0.497 e. The molecule has 0 bridgehead atoms. The third kappa shape index (κ3) is 4.56. The van der Waals surface area contributed by atoms with Gasteiger partial charge in [0.05, 0.1) is 24.2 Å². The minimum atomic E-state index is -0.528. The van der Waals surface area contributed by atoms with Gasteiger partial charge >= 0.3 is 0 Å². The smallest absolute Gasteiger partial charge is 0.277 e. The highest BCUT2D eigenvalue weighted by Gasteiger charge is 2.40. The van der Waals surface area contributed by atoms with Crippen LogP contribution < -0.4 is 4.74 Å². The van der Waals surface area contributed by atoms with Crippen LogP contribution in [0.25, 0.3) is 5.57 Å². The Kier molecular flexibility index (Phi) is 6.66. The molecule has 0 atom stereocenters. The van der Waals surface area contributed by atoms with Gasteiger partial charge in [-0.2, -0.15) is 0 Å². The molecule has 3 rings (SSSR count). The number of imide groups is 1. The second-order valence-electron chi connectivity index (χ2n) is 7.03. The first-order valence-electron chi connectivity index (χ1n) is 9.67. The Bertz CT molecular complexity index is 1010. The molecule has 0 saturated heterocycles. The van der Waals surface area contributed by atoms with E-state index in [4.69, 9.17) is 4.74 Å². The van der Waals surface area contributed by atoms with Gasteiger partial charge < -0.3 is 14.7 Å². The van der Waals surface area contributed by atoms with Crippen molar-refractivity contribution >= 4 is 23.1 Å². The summed E-state index contributed by atoms with van der Waals surface area (Å²) in [7, 11) is 3.20. The normalized spacial score (nSPS) is 13.7. The summed E-state index contributed by atoms with van der Waals surface area (Å²) in [4.78, 5) is 39.4. The van der Waals surface area contributed by atoms with Crippen LogP contribution >= 0.6 is 0 Å². The van der Waals surface area contributed by atoms with E-state index in [1.165, 1.54) is 34.1 Å². The molecular formula is C22H23N3O6. The van der Waals surface area contributed by atoms with Crippen LogP contribution in [0.1, 0.15) is 11.1 Å². The van der Waals surface area contributed by atoms with Crippen molar-refractivity contribution in [2.75, 3.05) is 33.9 Å². The fourth-order valence-corrected chi connectivity index (χ4v) is 3.43. The molecular weight excluding hydrogens is 402 g/mol. The zero-order valence-corrected chi connectivity index (χ0v) is 17.3. The SMILES string of the molecule is COc1ccc(CCN2C(=O)C(c3ccc([N+](=O)[O-])cc3)=C(N(C)CCO)C2=O)cc1. The standard InChI is InChI=1S/C22H23N3O6/c1-23(13-14-26)20-19(16-5-7-17(8-6-16)25(29)30)21(27)24(22(20)28)12-11-15-3-9-18(31-2)10-4-15/h3-10,26H,11-14H2,1-2H3. The lowest BCUT2D eigenvalue weighted by molar-refractivity contribution is -0.384. The van der Waals surface area contributed by atoms with Crippen LogP contribution in [0.2, 0.25) is 0 Å². The molecule has 0 unspecified atom stereocenters. The van der Waals surface area contributed by atoms with Crippen molar-refractivity contribution in [3.8, 4) is 5.75 Å². The Morgan fingerprint density at radius 2 is 1.71 bits per heavy atom. The number of aliphatic hydroxyl groups excluding tert-OH is 1. The largest absolute Gasteiger partial charge is 0.497 e. The number of hydrogen-bond acceptors (Lipinski definition) is 7. The molecule has 9 nitrogen and oxygen atoms in total. The van der Waals surface area contributed by atoms with Gasteiger partial charge in [-0.1, -0.05) is 12.1 Å². The van der Waals surface area contributed by atoms with E-state index in [0.717, 1.165) is 5.56 Å². The lowest BCUT2D eigenvalue weighted by atomic mass is 10.0. The second kappa shape index (κ2) is 9.40. The van der Waals surface area contributed by atoms with Crippen LogP contribution in [0.15, 0.2) is 54.2 Å². The summed E-state index contributed by atoms with van der Waals surface area (Å²) in [6, 6.07) is 12.9. The number of nitro groups is 1. The number of carbonyl (C=O) groups excluding carboxylic acids is 2. The van der Waals surface area contributed by atoms with E-state index >= 15 is 0 Å². The highest BCUT2D eigenvalue weighted by Crippen LogP contribution is 2.32. The molecule has 0 fully saturated rings. The van der Waals surface area contributed by atoms with E-state index in [2.05, 4.69) is 0 Å². The van der Waals surface area contributed by atoms with Crippen molar-refractivity contribution in [1.29, 1.82) is 0 Å². The number of ether oxygens (including phenoxy) is 1. The number of nitro benzene ring substituents is 1. The summed E-state index contributed by atoms with van der Waals surface area (Å²) in [6.07, 6.45) is 0.464. The zero-order valence-electron chi connectivity index (χ0n) is 17.3. The Morgan fingerprint density at radius 3 is 2.26 bits per heavy atom. The average Bonchev–Trinajstić information content (AvgIpc) is 3.02. The molecule has 0 aromatic heterocycles. The number of aliphatic hydroxyl groups is 1. The molecule has 1 aliphatic rings. The third-order valence-corrected chi connectivity index (χ3v) is 5.11. The number of rotatable bonds is 9. The number of hydrogen-bond donors (Lipinski definition) is 1. The van der Waals surface area contributed by atoms with Gasteiger partial charge in [-0.05, 0) is 41.8 Å². The van der Waals surface area contributed by atoms with Gasteiger partial charge in [0.2, 0.25) is 0 Å².